The number of fused-ring (bicyclic) bond motifs is 2. The Morgan fingerprint density at radius 2 is 0.816 bits per heavy atom. The van der Waals surface area contributed by atoms with Gasteiger partial charge in [0.25, 0.3) is 0 Å². The molecule has 0 spiro atoms. The molecule has 4 heterocycles. The summed E-state index contributed by atoms with van der Waals surface area (Å²) in [5.74, 6) is 3.12. The van der Waals surface area contributed by atoms with Crippen LogP contribution < -0.4 is 67.3 Å². The first-order valence-electron chi connectivity index (χ1n) is 45.3. The number of aliphatic hydroxyl groups is 5. The van der Waals surface area contributed by atoms with Gasteiger partial charge in [-0.05, 0) is 277 Å². The van der Waals surface area contributed by atoms with Crippen LogP contribution in [0.25, 0.3) is 22.5 Å². The summed E-state index contributed by atoms with van der Waals surface area (Å²) in [6.45, 7) is 21.4. The predicted octanol–water partition coefficient (Wildman–Crippen LogP) is 16.5. The van der Waals surface area contributed by atoms with Crippen LogP contribution >= 0.6 is 0 Å². The maximum Gasteiger partial charge on any atom is 0.337 e. The van der Waals surface area contributed by atoms with Gasteiger partial charge < -0.3 is 103 Å². The van der Waals surface area contributed by atoms with Crippen LogP contribution in [0.2, 0.25) is 0 Å². The van der Waals surface area contributed by atoms with Crippen LogP contribution in [0.5, 0.6) is 69.0 Å². The van der Waals surface area contributed by atoms with Crippen molar-refractivity contribution in [2.24, 2.45) is 5.73 Å². The molecule has 33 heteroatoms. The number of hydrogen-bond acceptors (Lipinski definition) is 28. The van der Waals surface area contributed by atoms with Gasteiger partial charge in [-0.3, -0.25) is 9.59 Å². The zero-order valence-electron chi connectivity index (χ0n) is 78.5. The van der Waals surface area contributed by atoms with Gasteiger partial charge in [-0.25, -0.2) is 42.1 Å². The summed E-state index contributed by atoms with van der Waals surface area (Å²) in [4.78, 5) is 69.6. The molecule has 0 bridgehead atoms. The molecule has 5 unspecified atom stereocenters. The second kappa shape index (κ2) is 47.4. The van der Waals surface area contributed by atoms with Crippen molar-refractivity contribution in [3.63, 3.8) is 0 Å². The molecule has 136 heavy (non-hydrogen) atoms. The van der Waals surface area contributed by atoms with Crippen molar-refractivity contribution >= 4 is 40.5 Å². The smallest absolute Gasteiger partial charge is 0.337 e. The normalized spacial score (nSPS) is 17.0. The van der Waals surface area contributed by atoms with E-state index in [-0.39, 0.29) is 126 Å². The topological polar surface area (TPSA) is 417 Å². The maximum atomic E-state index is 13.8. The maximum absolute atomic E-state index is 13.8. The van der Waals surface area contributed by atoms with Crippen LogP contribution in [0, 0.1) is 11.6 Å². The fourth-order valence-corrected chi connectivity index (χ4v) is 14.5. The van der Waals surface area contributed by atoms with Crippen molar-refractivity contribution in [1.82, 2.24) is 14.7 Å². The summed E-state index contributed by atoms with van der Waals surface area (Å²) in [5.41, 5.74) is 7.73. The zero-order valence-corrected chi connectivity index (χ0v) is 79.3. The van der Waals surface area contributed by atoms with Crippen LogP contribution in [0.3, 0.4) is 0 Å². The summed E-state index contributed by atoms with van der Waals surface area (Å²) in [6, 6.07) is 39.6. The fourth-order valence-electron chi connectivity index (χ4n) is 13.6. The van der Waals surface area contributed by atoms with Crippen LogP contribution in [-0.2, 0) is 42.7 Å². The lowest BCUT2D eigenvalue weighted by atomic mass is 9.88. The van der Waals surface area contributed by atoms with E-state index in [1.54, 1.807) is 129 Å². The third-order valence-corrected chi connectivity index (χ3v) is 23.7. The number of carboxylic acid groups (broad SMARTS) is 1. The van der Waals surface area contributed by atoms with Gasteiger partial charge in [-0.1, -0.05) is 20.4 Å². The minimum absolute atomic E-state index is 0.0000259. The largest absolute Gasteiger partial charge is 0.490 e. The van der Waals surface area contributed by atoms with E-state index >= 15 is 0 Å². The number of carbonyl (C=O) groups is 5. The van der Waals surface area contributed by atoms with Gasteiger partial charge in [0, 0.05) is 46.2 Å². The Bertz CT molecular complexity index is 5660. The van der Waals surface area contributed by atoms with Crippen molar-refractivity contribution in [2.75, 3.05) is 80.3 Å². The molecule has 6 aliphatic rings. The minimum atomic E-state index is -1.54. The summed E-state index contributed by atoms with van der Waals surface area (Å²) >= 11 is 0. The number of aromatic nitrogens is 2. The highest BCUT2D eigenvalue weighted by Gasteiger charge is 2.45. The lowest BCUT2D eigenvalue weighted by molar-refractivity contribution is 0.0395. The van der Waals surface area contributed by atoms with E-state index in [0.29, 0.717) is 156 Å². The first kappa shape index (κ1) is 104. The average molecular weight is 1900 g/mol. The number of carboxylic acids is 1. The number of aliphatic hydroxyl groups excluding tert-OH is 3. The van der Waals surface area contributed by atoms with Crippen LogP contribution in [-0.4, -0.2) is 184 Å². The molecule has 0 saturated heterocycles. The number of hydrogen-bond donors (Lipinski definition) is 8. The van der Waals surface area contributed by atoms with E-state index in [2.05, 4.69) is 16.0 Å². The predicted molar refractivity (Wildman–Crippen MR) is 503 cm³/mol. The van der Waals surface area contributed by atoms with Gasteiger partial charge in [0.1, 0.15) is 67.3 Å². The van der Waals surface area contributed by atoms with Crippen LogP contribution in [0.15, 0.2) is 165 Å². The number of benzene rings is 7. The van der Waals surface area contributed by atoms with E-state index in [1.807, 2.05) is 48.5 Å². The van der Waals surface area contributed by atoms with E-state index < -0.39 is 55.8 Å². The number of carbonyl (C=O) groups excluding carboxylic acids is 4. The number of nitrogens with two attached hydrogens (primary N) is 1. The van der Waals surface area contributed by atoms with Crippen molar-refractivity contribution in [3.05, 3.63) is 226 Å². The highest BCUT2D eigenvalue weighted by molar-refractivity contribution is 7.84. The SMILES string of the molecule is C=COc1ccc(C(=O)OC)cc1OCCC.CC(O)(CCC(=O)c1ccc(OC2CC2)c(OCCO)c1)c1cc2c(c(-c3ccc(F)cc3)n1)OCC2(C)NS(=O)C(C)(C)C.CC1(N)COc2c1cc(C(C)(O)CCC(=O)c1ccc(OC3CC3)c(OCCO)c1)nc2-c1ccc(F)cc1.CCCOc1cc(C(=O)OC)ccc1OC1CC1.O=C(O)c1ccc(OC2CC2)c(OCCO)c1. The highest BCUT2D eigenvalue weighted by Crippen LogP contribution is 2.49. The molecule has 2 aromatic heterocycles. The number of nitrogens with one attached hydrogen (secondary N) is 1. The average Bonchev–Trinajstić information content (AvgIpc) is 1.57. The molecule has 2 aliphatic heterocycles. The second-order valence-corrected chi connectivity index (χ2v) is 37.2. The molecule has 4 aliphatic carbocycles. The van der Waals surface area contributed by atoms with Crippen LogP contribution in [0.1, 0.15) is 227 Å². The molecule has 5 atom stereocenters. The monoisotopic (exact) mass is 1900 g/mol. The van der Waals surface area contributed by atoms with Crippen molar-refractivity contribution in [2.45, 2.75) is 204 Å². The third kappa shape index (κ3) is 29.1. The lowest BCUT2D eigenvalue weighted by Gasteiger charge is -2.30. The zero-order chi connectivity index (χ0) is 98.2. The molecule has 30 nitrogen and oxygen atoms in total. The van der Waals surface area contributed by atoms with Crippen molar-refractivity contribution < 1.29 is 134 Å². The minimum Gasteiger partial charge on any atom is -0.490 e. The number of Topliss-reactive ketones (excluding diaryl/α,β-unsaturated/α-hetero) is 2. The van der Waals surface area contributed by atoms with Gasteiger partial charge in [-0.15, -0.1) is 0 Å². The third-order valence-electron chi connectivity index (χ3n) is 22.0. The van der Waals surface area contributed by atoms with E-state index in [1.165, 1.54) is 56.9 Å². The Balaban J connectivity index is 0.000000175. The first-order chi connectivity index (χ1) is 64.9. The molecule has 9 aromatic rings. The summed E-state index contributed by atoms with van der Waals surface area (Å²) in [6.07, 6.45) is 12.2. The van der Waals surface area contributed by atoms with E-state index in [9.17, 15) is 52.3 Å². The quantitative estimate of drug-likeness (QED) is 0.0100. The van der Waals surface area contributed by atoms with Gasteiger partial charge >= 0.3 is 17.9 Å². The number of esters is 2. The molecule has 7 aromatic carbocycles. The van der Waals surface area contributed by atoms with Crippen molar-refractivity contribution in [1.29, 1.82) is 0 Å². The Labute approximate surface area is 792 Å². The van der Waals surface area contributed by atoms with Gasteiger partial charge in [-0.2, -0.15) is 0 Å². The molecule has 4 saturated carbocycles. The summed E-state index contributed by atoms with van der Waals surface area (Å²) in [7, 11) is 1.27. The molecule has 4 fully saturated rings. The van der Waals surface area contributed by atoms with Crippen LogP contribution in [0.4, 0.5) is 8.78 Å². The van der Waals surface area contributed by atoms with Gasteiger partial charge in [0.2, 0.25) is 0 Å². The Kier molecular flexibility index (Phi) is 36.3. The molecular weight excluding hydrogens is 1780 g/mol. The van der Waals surface area contributed by atoms with Gasteiger partial charge in [0.15, 0.2) is 80.6 Å². The number of rotatable bonds is 42. The molecule has 15 rings (SSSR count). The number of nitrogens with zero attached hydrogens (tertiary/aromatic N) is 2. The fraction of sp³-hybridized carbons (Fsp3) is 0.427. The molecule has 0 amide bonds. The van der Waals surface area contributed by atoms with E-state index in [0.717, 1.165) is 64.2 Å². The molecule has 730 valence electrons. The number of pyridine rings is 2. The first-order valence-corrected chi connectivity index (χ1v) is 46.5. The Morgan fingerprint density at radius 1 is 0.485 bits per heavy atom. The Hall–Kier alpha value is -12.3. The van der Waals surface area contributed by atoms with Crippen molar-refractivity contribution in [3.8, 4) is 91.5 Å². The van der Waals surface area contributed by atoms with Gasteiger partial charge in [0.05, 0.1) is 133 Å². The summed E-state index contributed by atoms with van der Waals surface area (Å²) < 4.78 is 120. The summed E-state index contributed by atoms with van der Waals surface area (Å²) in [5, 5.41) is 59.2. The Morgan fingerprint density at radius 3 is 1.17 bits per heavy atom. The highest BCUT2D eigenvalue weighted by atomic mass is 32.2. The molecule has 9 N–H and O–H groups in total. The number of ketones is 2. The number of aromatic carboxylic acids is 1. The van der Waals surface area contributed by atoms with E-state index in [4.69, 9.17) is 92.6 Å². The molecule has 0 radical (unpaired) electrons. The number of ether oxygens (including phenoxy) is 14. The second-order valence-electron chi connectivity index (χ2n) is 35.2. The standard InChI is InChI=1S/C34H41FN2O7S.C30H33FN2O6.C14H18O4.C13H16O4.C12H14O5/c1-32(2,3)45(41)37-33(4)20-43-31-25(33)19-29(36-30(31)21-6-9-23(35)10-7-21)34(5,40)15-14-26(39)22-8-13-27(44-24-11-12-24)28(18-22)42-17-16-38;1-29(32)17-38-28-22(29)16-26(33-27(28)18-3-6-20(31)7-4-18)30(2,36)12-11-23(35)19-5-10-24(39-21-8-9-21)25(15-19)37-14-13-34;1-3-8-17-13-9-10(14(15)16-2)4-7-12(13)18-11-5-6-11;1-4-8-17-12-9-10(13(14)15-3)6-7-11(12)16-5-2;13-5-6-16-11-7-8(12(14)15)1-4-10(11)17-9-2-3-9/h6-10,13,18-19,24,37-38,40H,11-12,14-17,20H2,1-5H3;3-7,10,15-16,21,34,36H,8-9,11-14,17,32H2,1-2H3;4,7,9,11H,3,5-6,8H2,1-2H3;5-7,9H,2,4,8H2,1,3H3;1,4,7,9,13H,2-3,5-6H2,(H,14,15). The molecular formula is C103H122F2N4O26S. The number of methoxy groups -OCH3 is 2. The lowest BCUT2D eigenvalue weighted by Crippen LogP contribution is -2.47. The number of halogens is 2.